The summed E-state index contributed by atoms with van der Waals surface area (Å²) < 4.78 is 5.12. The minimum absolute atomic E-state index is 0.266. The molecule has 0 spiro atoms. The molecule has 4 heteroatoms. The monoisotopic (exact) mass is 270 g/mol. The Labute approximate surface area is 118 Å². The number of piperazine rings is 1. The van der Waals surface area contributed by atoms with Gasteiger partial charge in [0.15, 0.2) is 0 Å². The molecule has 0 aromatic rings. The highest BCUT2D eigenvalue weighted by molar-refractivity contribution is 5.81. The molecule has 0 radical (unpaired) electrons. The van der Waals surface area contributed by atoms with Crippen molar-refractivity contribution in [2.45, 2.75) is 53.1 Å². The topological polar surface area (TPSA) is 32.8 Å². The molecule has 0 bridgehead atoms. The first-order valence-corrected chi connectivity index (χ1v) is 7.31. The van der Waals surface area contributed by atoms with E-state index >= 15 is 0 Å². The van der Waals surface area contributed by atoms with Gasteiger partial charge in [0.05, 0.1) is 0 Å². The number of hydrogen-bond acceptors (Lipinski definition) is 3. The van der Waals surface area contributed by atoms with Crippen LogP contribution in [0.1, 0.15) is 41.0 Å². The second-order valence-electron chi connectivity index (χ2n) is 6.74. The van der Waals surface area contributed by atoms with Crippen LogP contribution in [0.3, 0.4) is 0 Å². The number of nitrogens with zero attached hydrogens (tertiary/aromatic N) is 2. The van der Waals surface area contributed by atoms with Gasteiger partial charge in [0.25, 0.3) is 0 Å². The van der Waals surface area contributed by atoms with E-state index in [2.05, 4.69) is 18.7 Å². The van der Waals surface area contributed by atoms with Crippen LogP contribution in [0.2, 0.25) is 0 Å². The number of amides is 1. The molecule has 2 atom stereocenters. The average molecular weight is 270 g/mol. The summed E-state index contributed by atoms with van der Waals surface area (Å²) in [5.41, 5.74) is -0.280. The van der Waals surface area contributed by atoms with Gasteiger partial charge in [-0.25, -0.2) is 0 Å². The van der Waals surface area contributed by atoms with Crippen molar-refractivity contribution in [1.82, 2.24) is 9.80 Å². The van der Waals surface area contributed by atoms with E-state index in [0.717, 1.165) is 32.7 Å². The molecule has 1 heterocycles. The minimum Gasteiger partial charge on any atom is -0.385 e. The fourth-order valence-corrected chi connectivity index (χ4v) is 2.83. The largest absolute Gasteiger partial charge is 0.385 e. The molecule has 1 saturated heterocycles. The van der Waals surface area contributed by atoms with E-state index in [1.54, 1.807) is 7.11 Å². The third-order valence-electron chi connectivity index (χ3n) is 3.80. The number of carbonyl (C=O) groups excluding carboxylic acids is 1. The highest BCUT2D eigenvalue weighted by atomic mass is 16.5. The Morgan fingerprint density at radius 1 is 1.21 bits per heavy atom. The van der Waals surface area contributed by atoms with Crippen LogP contribution >= 0.6 is 0 Å². The number of rotatable bonds is 4. The predicted octanol–water partition coefficient (Wildman–Crippen LogP) is 1.99. The summed E-state index contributed by atoms with van der Waals surface area (Å²) in [6, 6.07) is 0.846. The number of methoxy groups -OCH3 is 1. The summed E-state index contributed by atoms with van der Waals surface area (Å²) in [6.07, 6.45) is 1.05. The highest BCUT2D eigenvalue weighted by Crippen LogP contribution is 2.23. The SMILES string of the molecule is COCCCN1C(C)CN(C(=O)C(C)(C)C)CC1C. The maximum absolute atomic E-state index is 12.4. The normalized spacial score (nSPS) is 25.7. The molecule has 0 N–H and O–H groups in total. The smallest absolute Gasteiger partial charge is 0.228 e. The molecule has 4 nitrogen and oxygen atoms in total. The van der Waals surface area contributed by atoms with E-state index in [0.29, 0.717) is 12.1 Å². The van der Waals surface area contributed by atoms with Gasteiger partial charge >= 0.3 is 0 Å². The summed E-state index contributed by atoms with van der Waals surface area (Å²) in [4.78, 5) is 16.9. The quantitative estimate of drug-likeness (QED) is 0.732. The van der Waals surface area contributed by atoms with Crippen molar-refractivity contribution < 1.29 is 9.53 Å². The fourth-order valence-electron chi connectivity index (χ4n) is 2.83. The lowest BCUT2D eigenvalue weighted by Crippen LogP contribution is -2.59. The molecule has 0 saturated carbocycles. The molecule has 1 aliphatic rings. The van der Waals surface area contributed by atoms with E-state index in [4.69, 9.17) is 4.74 Å². The van der Waals surface area contributed by atoms with Crippen LogP contribution in [0.5, 0.6) is 0 Å². The summed E-state index contributed by atoms with van der Waals surface area (Å²) in [7, 11) is 1.74. The lowest BCUT2D eigenvalue weighted by molar-refractivity contribution is -0.144. The number of hydrogen-bond donors (Lipinski definition) is 0. The molecular weight excluding hydrogens is 240 g/mol. The van der Waals surface area contributed by atoms with Crippen molar-refractivity contribution >= 4 is 5.91 Å². The standard InChI is InChI=1S/C15H30N2O2/c1-12-10-16(14(18)15(3,4)5)11-13(2)17(12)8-7-9-19-6/h12-13H,7-11H2,1-6H3. The Bertz CT molecular complexity index is 287. The molecule has 1 fully saturated rings. The van der Waals surface area contributed by atoms with E-state index in [9.17, 15) is 4.79 Å². The second kappa shape index (κ2) is 6.71. The molecule has 2 unspecified atom stereocenters. The van der Waals surface area contributed by atoms with Crippen LogP contribution in [0, 0.1) is 5.41 Å². The average Bonchev–Trinajstić information content (AvgIpc) is 2.30. The Morgan fingerprint density at radius 3 is 2.16 bits per heavy atom. The summed E-state index contributed by atoms with van der Waals surface area (Å²) in [6.45, 7) is 14.0. The van der Waals surface area contributed by atoms with Gasteiger partial charge in [0, 0.05) is 50.8 Å². The van der Waals surface area contributed by atoms with Gasteiger partial charge in [0.1, 0.15) is 0 Å². The molecule has 19 heavy (non-hydrogen) atoms. The number of carbonyl (C=O) groups is 1. The lowest BCUT2D eigenvalue weighted by atomic mass is 9.93. The first kappa shape index (κ1) is 16.4. The fraction of sp³-hybridized carbons (Fsp3) is 0.933. The molecule has 1 amide bonds. The van der Waals surface area contributed by atoms with Crippen LogP contribution in [-0.2, 0) is 9.53 Å². The van der Waals surface area contributed by atoms with Crippen LogP contribution in [0.25, 0.3) is 0 Å². The molecule has 112 valence electrons. The summed E-state index contributed by atoms with van der Waals surface area (Å²) in [5, 5.41) is 0. The van der Waals surface area contributed by atoms with Crippen molar-refractivity contribution in [3.05, 3.63) is 0 Å². The van der Waals surface area contributed by atoms with Gasteiger partial charge in [-0.2, -0.15) is 0 Å². The Hall–Kier alpha value is -0.610. The van der Waals surface area contributed by atoms with Crippen molar-refractivity contribution in [1.29, 1.82) is 0 Å². The lowest BCUT2D eigenvalue weighted by Gasteiger charge is -2.46. The van der Waals surface area contributed by atoms with Crippen molar-refractivity contribution in [3.63, 3.8) is 0 Å². The maximum atomic E-state index is 12.4. The van der Waals surface area contributed by atoms with Crippen LogP contribution < -0.4 is 0 Å². The molecule has 0 aromatic carbocycles. The second-order valence-corrected chi connectivity index (χ2v) is 6.74. The first-order chi connectivity index (χ1) is 8.77. The molecule has 0 aliphatic carbocycles. The molecule has 1 rings (SSSR count). The van der Waals surface area contributed by atoms with E-state index < -0.39 is 0 Å². The van der Waals surface area contributed by atoms with Gasteiger partial charge in [0.2, 0.25) is 5.91 Å². The zero-order chi connectivity index (χ0) is 14.6. The maximum Gasteiger partial charge on any atom is 0.228 e. The third-order valence-corrected chi connectivity index (χ3v) is 3.80. The molecule has 0 aromatic heterocycles. The van der Waals surface area contributed by atoms with E-state index in [1.165, 1.54) is 0 Å². The zero-order valence-electron chi connectivity index (χ0n) is 13.4. The minimum atomic E-state index is -0.280. The Balaban J connectivity index is 2.58. The van der Waals surface area contributed by atoms with Crippen LogP contribution in [-0.4, -0.2) is 61.1 Å². The van der Waals surface area contributed by atoms with Gasteiger partial charge in [-0.05, 0) is 20.3 Å². The molecule has 1 aliphatic heterocycles. The Morgan fingerprint density at radius 2 is 1.74 bits per heavy atom. The summed E-state index contributed by atoms with van der Waals surface area (Å²) >= 11 is 0. The zero-order valence-corrected chi connectivity index (χ0v) is 13.4. The molecular formula is C15H30N2O2. The third kappa shape index (κ3) is 4.46. The first-order valence-electron chi connectivity index (χ1n) is 7.31. The van der Waals surface area contributed by atoms with Gasteiger partial charge in [-0.15, -0.1) is 0 Å². The number of ether oxygens (including phenoxy) is 1. The van der Waals surface area contributed by atoms with Crippen molar-refractivity contribution in [2.24, 2.45) is 5.41 Å². The van der Waals surface area contributed by atoms with E-state index in [1.807, 2.05) is 25.7 Å². The van der Waals surface area contributed by atoms with Crippen LogP contribution in [0.15, 0.2) is 0 Å². The van der Waals surface area contributed by atoms with Crippen LogP contribution in [0.4, 0.5) is 0 Å². The summed E-state index contributed by atoms with van der Waals surface area (Å²) in [5.74, 6) is 0.266. The highest BCUT2D eigenvalue weighted by Gasteiger charge is 2.35. The van der Waals surface area contributed by atoms with Gasteiger partial charge in [-0.1, -0.05) is 20.8 Å². The Kier molecular flexibility index (Phi) is 5.81. The van der Waals surface area contributed by atoms with Crippen molar-refractivity contribution in [3.8, 4) is 0 Å². The van der Waals surface area contributed by atoms with Crippen molar-refractivity contribution in [2.75, 3.05) is 33.4 Å². The van der Waals surface area contributed by atoms with Gasteiger partial charge in [-0.3, -0.25) is 9.69 Å². The predicted molar refractivity (Wildman–Crippen MR) is 78.2 cm³/mol. The van der Waals surface area contributed by atoms with Gasteiger partial charge < -0.3 is 9.64 Å². The van der Waals surface area contributed by atoms with E-state index in [-0.39, 0.29) is 11.3 Å².